The standard InChI is InChI=1S/C12H17ClN6/c1-18(2)8-4-3-5-19(6-8)11-9-10(15-7-14-9)16-12(13)17-11/h7-8H,3-6H2,1-2H3,(H,14,15,16,17). The molecule has 1 aliphatic rings. The number of rotatable bonds is 2. The van der Waals surface area contributed by atoms with E-state index >= 15 is 0 Å². The van der Waals surface area contributed by atoms with Gasteiger partial charge in [-0.1, -0.05) is 0 Å². The topological polar surface area (TPSA) is 60.9 Å². The minimum atomic E-state index is 0.251. The van der Waals surface area contributed by atoms with Gasteiger partial charge in [-0.05, 0) is 38.5 Å². The maximum atomic E-state index is 5.99. The Labute approximate surface area is 116 Å². The van der Waals surface area contributed by atoms with Crippen molar-refractivity contribution in [3.05, 3.63) is 11.6 Å². The molecule has 1 aliphatic heterocycles. The predicted molar refractivity (Wildman–Crippen MR) is 75.6 cm³/mol. The first kappa shape index (κ1) is 12.6. The van der Waals surface area contributed by atoms with Crippen LogP contribution in [0.1, 0.15) is 12.8 Å². The lowest BCUT2D eigenvalue weighted by Gasteiger charge is -2.36. The number of fused-ring (bicyclic) bond motifs is 1. The number of aromatic amines is 1. The van der Waals surface area contributed by atoms with Crippen molar-refractivity contribution < 1.29 is 0 Å². The van der Waals surface area contributed by atoms with E-state index in [9.17, 15) is 0 Å². The molecule has 6 nitrogen and oxygen atoms in total. The number of nitrogens with one attached hydrogen (secondary N) is 1. The van der Waals surface area contributed by atoms with Crippen molar-refractivity contribution in [2.45, 2.75) is 18.9 Å². The van der Waals surface area contributed by atoms with E-state index in [4.69, 9.17) is 11.6 Å². The summed E-state index contributed by atoms with van der Waals surface area (Å²) in [5, 5.41) is 0.251. The van der Waals surface area contributed by atoms with E-state index in [0.717, 1.165) is 30.8 Å². The van der Waals surface area contributed by atoms with Crippen molar-refractivity contribution in [1.29, 1.82) is 0 Å². The molecule has 1 atom stereocenters. The van der Waals surface area contributed by atoms with Gasteiger partial charge >= 0.3 is 0 Å². The predicted octanol–water partition coefficient (Wildman–Crippen LogP) is 1.54. The van der Waals surface area contributed by atoms with Crippen molar-refractivity contribution in [3.63, 3.8) is 0 Å². The van der Waals surface area contributed by atoms with E-state index in [-0.39, 0.29) is 5.28 Å². The molecule has 0 radical (unpaired) electrons. The van der Waals surface area contributed by atoms with Gasteiger partial charge in [0.1, 0.15) is 5.52 Å². The van der Waals surface area contributed by atoms with Gasteiger partial charge in [-0.25, -0.2) is 4.98 Å². The molecule has 1 unspecified atom stereocenters. The molecule has 1 N–H and O–H groups in total. The first-order chi connectivity index (χ1) is 9.15. The molecule has 0 aliphatic carbocycles. The lowest BCUT2D eigenvalue weighted by atomic mass is 10.0. The van der Waals surface area contributed by atoms with E-state index in [0.29, 0.717) is 11.7 Å². The smallest absolute Gasteiger partial charge is 0.226 e. The van der Waals surface area contributed by atoms with Crippen LogP contribution in [0.5, 0.6) is 0 Å². The number of aromatic nitrogens is 4. The van der Waals surface area contributed by atoms with Crippen LogP contribution in [0.3, 0.4) is 0 Å². The van der Waals surface area contributed by atoms with Crippen LogP contribution in [0.25, 0.3) is 11.2 Å². The van der Waals surface area contributed by atoms with Gasteiger partial charge in [-0.2, -0.15) is 9.97 Å². The number of H-pyrrole nitrogens is 1. The van der Waals surface area contributed by atoms with Gasteiger partial charge in [0.2, 0.25) is 5.28 Å². The first-order valence-electron chi connectivity index (χ1n) is 6.43. The molecule has 0 aromatic carbocycles. The molecular formula is C12H17ClN6. The summed E-state index contributed by atoms with van der Waals surface area (Å²) in [4.78, 5) is 20.3. The Hall–Kier alpha value is -1.40. The normalized spacial score (nSPS) is 20.4. The zero-order valence-electron chi connectivity index (χ0n) is 11.1. The molecule has 3 heterocycles. The van der Waals surface area contributed by atoms with E-state index in [1.54, 1.807) is 6.33 Å². The van der Waals surface area contributed by atoms with Crippen LogP contribution in [-0.4, -0.2) is 58.1 Å². The average molecular weight is 281 g/mol. The number of nitrogens with zero attached hydrogens (tertiary/aromatic N) is 5. The van der Waals surface area contributed by atoms with E-state index in [2.05, 4.69) is 43.8 Å². The largest absolute Gasteiger partial charge is 0.353 e. The molecular weight excluding hydrogens is 264 g/mol. The molecule has 2 aromatic rings. The van der Waals surface area contributed by atoms with Crippen molar-refractivity contribution in [1.82, 2.24) is 24.8 Å². The highest BCUT2D eigenvalue weighted by molar-refractivity contribution is 6.28. The fraction of sp³-hybridized carbons (Fsp3) is 0.583. The lowest BCUT2D eigenvalue weighted by Crippen LogP contribution is -2.45. The SMILES string of the molecule is CN(C)C1CCCN(c2nc(Cl)nc3nc[nH]c23)C1. The molecule has 0 amide bonds. The van der Waals surface area contributed by atoms with Gasteiger partial charge in [0.05, 0.1) is 6.33 Å². The highest BCUT2D eigenvalue weighted by Gasteiger charge is 2.24. The van der Waals surface area contributed by atoms with Crippen molar-refractivity contribution >= 4 is 28.6 Å². The summed E-state index contributed by atoms with van der Waals surface area (Å²) < 4.78 is 0. The van der Waals surface area contributed by atoms with Gasteiger partial charge in [0.15, 0.2) is 11.5 Å². The van der Waals surface area contributed by atoms with Crippen molar-refractivity contribution in [2.24, 2.45) is 0 Å². The van der Waals surface area contributed by atoms with Crippen LogP contribution in [0.4, 0.5) is 5.82 Å². The summed E-state index contributed by atoms with van der Waals surface area (Å²) in [6, 6.07) is 0.542. The third-order valence-corrected chi connectivity index (χ3v) is 3.83. The second-order valence-corrected chi connectivity index (χ2v) is 5.46. The van der Waals surface area contributed by atoms with Crippen LogP contribution >= 0.6 is 11.6 Å². The summed E-state index contributed by atoms with van der Waals surface area (Å²) in [5.41, 5.74) is 1.49. The second-order valence-electron chi connectivity index (χ2n) is 5.12. The third-order valence-electron chi connectivity index (χ3n) is 3.67. The monoisotopic (exact) mass is 280 g/mol. The first-order valence-corrected chi connectivity index (χ1v) is 6.81. The third kappa shape index (κ3) is 2.37. The number of halogens is 1. The minimum absolute atomic E-state index is 0.251. The molecule has 102 valence electrons. The molecule has 1 saturated heterocycles. The van der Waals surface area contributed by atoms with Crippen LogP contribution in [0, 0.1) is 0 Å². The van der Waals surface area contributed by atoms with E-state index in [1.165, 1.54) is 6.42 Å². The van der Waals surface area contributed by atoms with Crippen LogP contribution in [0.2, 0.25) is 5.28 Å². The Balaban J connectivity index is 1.97. The summed E-state index contributed by atoms with van der Waals surface area (Å²) in [6.45, 7) is 1.94. The van der Waals surface area contributed by atoms with Gasteiger partial charge < -0.3 is 14.8 Å². The van der Waals surface area contributed by atoms with Gasteiger partial charge in [-0.15, -0.1) is 0 Å². The van der Waals surface area contributed by atoms with Crippen LogP contribution in [-0.2, 0) is 0 Å². The van der Waals surface area contributed by atoms with Crippen LogP contribution < -0.4 is 4.90 Å². The maximum Gasteiger partial charge on any atom is 0.226 e. The molecule has 7 heteroatoms. The molecule has 2 aromatic heterocycles. The zero-order chi connectivity index (χ0) is 13.4. The number of imidazole rings is 1. The quantitative estimate of drug-likeness (QED) is 0.846. The average Bonchev–Trinajstić information content (AvgIpc) is 2.85. The Kier molecular flexibility index (Phi) is 3.28. The summed E-state index contributed by atoms with van der Waals surface area (Å²) in [5.74, 6) is 0.860. The second kappa shape index (κ2) is 4.94. The fourth-order valence-corrected chi connectivity index (χ4v) is 2.75. The number of likely N-dealkylation sites (N-methyl/N-ethyl adjacent to an activating group) is 1. The Morgan fingerprint density at radius 3 is 3.05 bits per heavy atom. The zero-order valence-corrected chi connectivity index (χ0v) is 11.9. The maximum absolute atomic E-state index is 5.99. The number of anilines is 1. The molecule has 0 spiro atoms. The van der Waals surface area contributed by atoms with Crippen LogP contribution in [0.15, 0.2) is 6.33 Å². The molecule has 3 rings (SSSR count). The van der Waals surface area contributed by atoms with Crippen molar-refractivity contribution in [3.8, 4) is 0 Å². The fourth-order valence-electron chi connectivity index (χ4n) is 2.59. The molecule has 0 bridgehead atoms. The van der Waals surface area contributed by atoms with Gasteiger partial charge in [0, 0.05) is 19.1 Å². The Morgan fingerprint density at radius 1 is 1.42 bits per heavy atom. The number of hydrogen-bond acceptors (Lipinski definition) is 5. The Morgan fingerprint density at radius 2 is 2.26 bits per heavy atom. The molecule has 0 saturated carbocycles. The van der Waals surface area contributed by atoms with E-state index in [1.807, 2.05) is 0 Å². The lowest BCUT2D eigenvalue weighted by molar-refractivity contribution is 0.257. The molecule has 19 heavy (non-hydrogen) atoms. The summed E-state index contributed by atoms with van der Waals surface area (Å²) in [7, 11) is 4.24. The molecule has 1 fully saturated rings. The summed E-state index contributed by atoms with van der Waals surface area (Å²) >= 11 is 5.99. The highest BCUT2D eigenvalue weighted by Crippen LogP contribution is 2.26. The van der Waals surface area contributed by atoms with E-state index < -0.39 is 0 Å². The number of hydrogen-bond donors (Lipinski definition) is 1. The summed E-state index contributed by atoms with van der Waals surface area (Å²) in [6.07, 6.45) is 4.00. The number of piperidine rings is 1. The highest BCUT2D eigenvalue weighted by atomic mass is 35.5. The van der Waals surface area contributed by atoms with Gasteiger partial charge in [-0.3, -0.25) is 0 Å². The Bertz CT molecular complexity index is 581. The minimum Gasteiger partial charge on any atom is -0.353 e. The van der Waals surface area contributed by atoms with Gasteiger partial charge in [0.25, 0.3) is 0 Å². The van der Waals surface area contributed by atoms with Crippen molar-refractivity contribution in [2.75, 3.05) is 32.1 Å².